The van der Waals surface area contributed by atoms with Crippen LogP contribution in [0.15, 0.2) is 0 Å². The van der Waals surface area contributed by atoms with Gasteiger partial charge >= 0.3 is 0 Å². The topological polar surface area (TPSA) is 63.8 Å². The third kappa shape index (κ3) is 3.21. The van der Waals surface area contributed by atoms with E-state index in [1.807, 2.05) is 0 Å². The first-order valence-corrected chi connectivity index (χ1v) is 8.55. The molecule has 0 amide bonds. The van der Waals surface area contributed by atoms with E-state index >= 15 is 0 Å². The van der Waals surface area contributed by atoms with Crippen LogP contribution in [0.3, 0.4) is 0 Å². The standard InChI is InChI=1S/C15H28N4S/c1-5-10-8-6-7-9-11(10)12(17-16)13-14(15(2,3)4)18-19-20-13/h10-12,17H,5-9,16H2,1-4H3. The van der Waals surface area contributed by atoms with Gasteiger partial charge in [0.25, 0.3) is 0 Å². The fraction of sp³-hybridized carbons (Fsp3) is 0.867. The first-order chi connectivity index (χ1) is 9.49. The van der Waals surface area contributed by atoms with Crippen molar-refractivity contribution < 1.29 is 0 Å². The molecular formula is C15H28N4S. The molecule has 0 radical (unpaired) electrons. The Morgan fingerprint density at radius 2 is 2.05 bits per heavy atom. The molecule has 114 valence electrons. The molecule has 2 rings (SSSR count). The highest BCUT2D eigenvalue weighted by Crippen LogP contribution is 2.43. The molecule has 3 unspecified atom stereocenters. The molecule has 1 aliphatic rings. The highest BCUT2D eigenvalue weighted by atomic mass is 32.1. The number of nitrogens with zero attached hydrogens (tertiary/aromatic N) is 2. The highest BCUT2D eigenvalue weighted by Gasteiger charge is 2.35. The monoisotopic (exact) mass is 296 g/mol. The van der Waals surface area contributed by atoms with Crippen LogP contribution in [0.4, 0.5) is 0 Å². The average Bonchev–Trinajstić information content (AvgIpc) is 2.89. The molecule has 1 heterocycles. The fourth-order valence-electron chi connectivity index (χ4n) is 3.50. The second-order valence-electron chi connectivity index (χ2n) is 7.00. The molecular weight excluding hydrogens is 268 g/mol. The van der Waals surface area contributed by atoms with Gasteiger partial charge in [-0.2, -0.15) is 0 Å². The molecule has 0 aromatic carbocycles. The van der Waals surface area contributed by atoms with E-state index in [9.17, 15) is 0 Å². The van der Waals surface area contributed by atoms with Crippen molar-refractivity contribution in [2.75, 3.05) is 0 Å². The van der Waals surface area contributed by atoms with Crippen molar-refractivity contribution >= 4 is 11.5 Å². The maximum atomic E-state index is 5.93. The molecule has 20 heavy (non-hydrogen) atoms. The minimum Gasteiger partial charge on any atom is -0.271 e. The fourth-order valence-corrected chi connectivity index (χ4v) is 4.50. The summed E-state index contributed by atoms with van der Waals surface area (Å²) in [6, 6.07) is 0.203. The van der Waals surface area contributed by atoms with Gasteiger partial charge in [-0.15, -0.1) is 5.10 Å². The lowest BCUT2D eigenvalue weighted by Gasteiger charge is -2.36. The van der Waals surface area contributed by atoms with Gasteiger partial charge < -0.3 is 0 Å². The molecule has 1 aliphatic carbocycles. The number of aromatic nitrogens is 2. The maximum Gasteiger partial charge on any atom is 0.0857 e. The van der Waals surface area contributed by atoms with E-state index in [0.29, 0.717) is 5.92 Å². The molecule has 0 bridgehead atoms. The van der Waals surface area contributed by atoms with Crippen molar-refractivity contribution in [1.29, 1.82) is 0 Å². The summed E-state index contributed by atoms with van der Waals surface area (Å²) >= 11 is 1.51. The van der Waals surface area contributed by atoms with E-state index in [1.54, 1.807) is 0 Å². The number of nitrogens with one attached hydrogen (secondary N) is 1. The molecule has 3 N–H and O–H groups in total. The lowest BCUT2D eigenvalue weighted by molar-refractivity contribution is 0.176. The van der Waals surface area contributed by atoms with Crippen LogP contribution in [0.25, 0.3) is 0 Å². The highest BCUT2D eigenvalue weighted by molar-refractivity contribution is 7.05. The quantitative estimate of drug-likeness (QED) is 0.659. The largest absolute Gasteiger partial charge is 0.271 e. The first kappa shape index (κ1) is 15.9. The zero-order valence-corrected chi connectivity index (χ0v) is 14.0. The van der Waals surface area contributed by atoms with Gasteiger partial charge in [0.2, 0.25) is 0 Å². The van der Waals surface area contributed by atoms with Crippen molar-refractivity contribution in [3.05, 3.63) is 10.6 Å². The van der Waals surface area contributed by atoms with E-state index in [4.69, 9.17) is 5.84 Å². The lowest BCUT2D eigenvalue weighted by atomic mass is 9.73. The molecule has 3 atom stereocenters. The van der Waals surface area contributed by atoms with Gasteiger partial charge in [0.1, 0.15) is 0 Å². The van der Waals surface area contributed by atoms with Gasteiger partial charge in [-0.25, -0.2) is 0 Å². The molecule has 1 aromatic heterocycles. The van der Waals surface area contributed by atoms with Gasteiger partial charge in [-0.3, -0.25) is 11.3 Å². The number of nitrogens with two attached hydrogens (primary N) is 1. The van der Waals surface area contributed by atoms with Crippen LogP contribution in [-0.2, 0) is 5.41 Å². The average molecular weight is 296 g/mol. The Kier molecular flexibility index (Phi) is 5.15. The molecule has 1 fully saturated rings. The van der Waals surface area contributed by atoms with Crippen molar-refractivity contribution in [1.82, 2.24) is 15.0 Å². The summed E-state index contributed by atoms with van der Waals surface area (Å²) in [4.78, 5) is 1.24. The van der Waals surface area contributed by atoms with Crippen LogP contribution in [-0.4, -0.2) is 9.59 Å². The smallest absolute Gasteiger partial charge is 0.0857 e. The maximum absolute atomic E-state index is 5.93. The Labute approximate surface area is 126 Å². The van der Waals surface area contributed by atoms with Crippen LogP contribution in [0.5, 0.6) is 0 Å². The Balaban J connectivity index is 2.30. The zero-order valence-electron chi connectivity index (χ0n) is 13.1. The van der Waals surface area contributed by atoms with Crippen LogP contribution < -0.4 is 11.3 Å². The number of hydrogen-bond donors (Lipinski definition) is 2. The first-order valence-electron chi connectivity index (χ1n) is 7.77. The van der Waals surface area contributed by atoms with Crippen LogP contribution in [0.1, 0.15) is 76.4 Å². The SMILES string of the molecule is CCC1CCCCC1C(NN)c1snnc1C(C)(C)C. The van der Waals surface area contributed by atoms with Crippen LogP contribution >= 0.6 is 11.5 Å². The van der Waals surface area contributed by atoms with Gasteiger partial charge in [0.05, 0.1) is 16.6 Å². The second kappa shape index (κ2) is 6.50. The van der Waals surface area contributed by atoms with Gasteiger partial charge in [0.15, 0.2) is 0 Å². The third-order valence-electron chi connectivity index (χ3n) is 4.61. The van der Waals surface area contributed by atoms with Crippen molar-refractivity contribution in [2.24, 2.45) is 17.7 Å². The zero-order chi connectivity index (χ0) is 14.8. The predicted molar refractivity (Wildman–Crippen MR) is 84.4 cm³/mol. The molecule has 0 spiro atoms. The minimum absolute atomic E-state index is 0.0216. The second-order valence-corrected chi connectivity index (χ2v) is 7.78. The molecule has 0 saturated heterocycles. The van der Waals surface area contributed by atoms with Crippen LogP contribution in [0.2, 0.25) is 0 Å². The van der Waals surface area contributed by atoms with E-state index in [1.165, 1.54) is 48.5 Å². The lowest BCUT2D eigenvalue weighted by Crippen LogP contribution is -2.38. The normalized spacial score (nSPS) is 25.6. The summed E-state index contributed by atoms with van der Waals surface area (Å²) < 4.78 is 4.20. The minimum atomic E-state index is 0.0216. The van der Waals surface area contributed by atoms with Crippen LogP contribution in [0, 0.1) is 11.8 Å². The molecule has 4 nitrogen and oxygen atoms in total. The van der Waals surface area contributed by atoms with E-state index in [-0.39, 0.29) is 11.5 Å². The van der Waals surface area contributed by atoms with E-state index in [2.05, 4.69) is 42.7 Å². The summed E-state index contributed by atoms with van der Waals surface area (Å²) in [5.41, 5.74) is 4.21. The van der Waals surface area contributed by atoms with E-state index in [0.717, 1.165) is 11.6 Å². The Morgan fingerprint density at radius 3 is 2.65 bits per heavy atom. The van der Waals surface area contributed by atoms with E-state index < -0.39 is 0 Å². The van der Waals surface area contributed by atoms with Crippen molar-refractivity contribution in [3.8, 4) is 0 Å². The molecule has 5 heteroatoms. The van der Waals surface area contributed by atoms with Gasteiger partial charge in [-0.1, -0.05) is 57.9 Å². The van der Waals surface area contributed by atoms with Gasteiger partial charge in [0, 0.05) is 5.41 Å². The van der Waals surface area contributed by atoms with Gasteiger partial charge in [-0.05, 0) is 29.8 Å². The molecule has 0 aliphatic heterocycles. The Morgan fingerprint density at radius 1 is 1.35 bits per heavy atom. The predicted octanol–water partition coefficient (Wildman–Crippen LogP) is 3.56. The summed E-state index contributed by atoms with van der Waals surface area (Å²) in [7, 11) is 0. The summed E-state index contributed by atoms with van der Waals surface area (Å²) in [6.45, 7) is 8.88. The molecule has 1 aromatic rings. The summed E-state index contributed by atoms with van der Waals surface area (Å²) in [6.07, 6.45) is 6.50. The van der Waals surface area contributed by atoms with Crippen molar-refractivity contribution in [2.45, 2.75) is 71.3 Å². The third-order valence-corrected chi connectivity index (χ3v) is 5.41. The Bertz CT molecular complexity index is 424. The number of hydrazine groups is 1. The number of rotatable bonds is 4. The number of hydrogen-bond acceptors (Lipinski definition) is 5. The molecule has 1 saturated carbocycles. The Hall–Kier alpha value is -0.520. The summed E-state index contributed by atoms with van der Waals surface area (Å²) in [5, 5.41) is 4.37. The van der Waals surface area contributed by atoms with Crippen molar-refractivity contribution in [3.63, 3.8) is 0 Å². The summed E-state index contributed by atoms with van der Waals surface area (Å²) in [5.74, 6) is 7.30.